The number of thiazole rings is 1. The Morgan fingerprint density at radius 3 is 2.83 bits per heavy atom. The van der Waals surface area contributed by atoms with Crippen LogP contribution in [0.4, 0.5) is 15.2 Å². The maximum absolute atomic E-state index is 13.8. The number of amides is 1. The van der Waals surface area contributed by atoms with Gasteiger partial charge in [0.1, 0.15) is 11.4 Å². The van der Waals surface area contributed by atoms with Gasteiger partial charge in [0.05, 0.1) is 18.3 Å². The average Bonchev–Trinajstić information content (AvgIpc) is 2.97. The fourth-order valence-electron chi connectivity index (χ4n) is 1.41. The van der Waals surface area contributed by atoms with Crippen LogP contribution in [-0.4, -0.2) is 38.0 Å². The molecule has 0 spiro atoms. The zero-order chi connectivity index (χ0) is 17.0. The van der Waals surface area contributed by atoms with Gasteiger partial charge in [0.15, 0.2) is 22.3 Å². The van der Waals surface area contributed by atoms with Gasteiger partial charge in [0.2, 0.25) is 10.8 Å². The molecule has 0 radical (unpaired) electrons. The van der Waals surface area contributed by atoms with Gasteiger partial charge in [0, 0.05) is 6.07 Å². The monoisotopic (exact) mass is 359 g/mol. The van der Waals surface area contributed by atoms with E-state index in [-0.39, 0.29) is 28.0 Å². The summed E-state index contributed by atoms with van der Waals surface area (Å²) in [5, 5.41) is 11.1. The van der Waals surface area contributed by atoms with Crippen molar-refractivity contribution in [1.29, 1.82) is 0 Å². The van der Waals surface area contributed by atoms with Gasteiger partial charge < -0.3 is 20.7 Å². The summed E-state index contributed by atoms with van der Waals surface area (Å²) in [6.07, 6.45) is 1.08. The predicted octanol–water partition coefficient (Wildman–Crippen LogP) is 0.407. The first kappa shape index (κ1) is 17.1. The van der Waals surface area contributed by atoms with Gasteiger partial charge in [-0.05, 0) is 0 Å². The first-order valence-corrected chi connectivity index (χ1v) is 7.96. The highest BCUT2D eigenvalue weighted by Gasteiger charge is 2.21. The number of anilines is 2. The average molecular weight is 359 g/mol. The molecular formula is C11H10FN5O4S2. The predicted molar refractivity (Wildman–Crippen MR) is 81.0 cm³/mol. The number of aromatic carboxylic acids is 1. The second-order valence-corrected chi connectivity index (χ2v) is 6.03. The Morgan fingerprint density at radius 1 is 1.48 bits per heavy atom. The van der Waals surface area contributed by atoms with E-state index in [1.165, 1.54) is 5.51 Å². The fraction of sp³-hybridized carbons (Fsp3) is 0.0909. The molecule has 1 atom stereocenters. The molecule has 122 valence electrons. The molecule has 0 saturated heterocycles. The number of nitrogens with zero attached hydrogens (tertiary/aromatic N) is 2. The Morgan fingerprint density at radius 2 is 2.22 bits per heavy atom. The molecule has 0 aliphatic heterocycles. The zero-order valence-corrected chi connectivity index (χ0v) is 12.9. The minimum atomic E-state index is -1.96. The van der Waals surface area contributed by atoms with Crippen LogP contribution < -0.4 is 15.8 Å². The summed E-state index contributed by atoms with van der Waals surface area (Å²) >= 11 is -1.02. The third kappa shape index (κ3) is 4.13. The number of carbonyl (C=O) groups excluding carboxylic acids is 1. The lowest BCUT2D eigenvalue weighted by Crippen LogP contribution is -2.23. The van der Waals surface area contributed by atoms with Crippen molar-refractivity contribution in [3.63, 3.8) is 0 Å². The molecular weight excluding hydrogens is 349 g/mol. The SMILES string of the molecule is NCC(=O)Nc1ncc([S+]([O-])Nc2scnc2C(=O)O)cc1F. The van der Waals surface area contributed by atoms with Crippen LogP contribution in [0.3, 0.4) is 0 Å². The van der Waals surface area contributed by atoms with Crippen molar-refractivity contribution in [2.75, 3.05) is 16.6 Å². The van der Waals surface area contributed by atoms with Gasteiger partial charge in [-0.2, -0.15) is 4.72 Å². The Bertz CT molecular complexity index is 741. The van der Waals surface area contributed by atoms with E-state index in [0.717, 1.165) is 23.6 Å². The standard InChI is InChI=1S/C11H10FN5O4S2/c12-6-1-5(3-14-9(6)16-7(18)2-13)23(21)17-10-8(11(19)20)15-4-22-10/h1,3-4,17H,2,13H2,(H,19,20)(H,14,16,18). The highest BCUT2D eigenvalue weighted by Crippen LogP contribution is 2.24. The number of hydrogen-bond donors (Lipinski definition) is 4. The lowest BCUT2D eigenvalue weighted by atomic mass is 10.4. The molecule has 0 fully saturated rings. The van der Waals surface area contributed by atoms with Crippen molar-refractivity contribution in [1.82, 2.24) is 9.97 Å². The Balaban J connectivity index is 2.15. The molecule has 0 bridgehead atoms. The van der Waals surface area contributed by atoms with Crippen molar-refractivity contribution in [2.24, 2.45) is 5.73 Å². The van der Waals surface area contributed by atoms with E-state index in [4.69, 9.17) is 10.8 Å². The van der Waals surface area contributed by atoms with Gasteiger partial charge in [-0.1, -0.05) is 0 Å². The third-order valence-electron chi connectivity index (χ3n) is 2.43. The van der Waals surface area contributed by atoms with Gasteiger partial charge in [-0.3, -0.25) is 4.79 Å². The van der Waals surface area contributed by atoms with E-state index in [9.17, 15) is 18.5 Å². The number of nitrogens with two attached hydrogens (primary N) is 1. The van der Waals surface area contributed by atoms with Gasteiger partial charge in [-0.15, -0.1) is 11.3 Å². The molecule has 2 aromatic heterocycles. The number of pyridine rings is 1. The molecule has 12 heteroatoms. The molecule has 23 heavy (non-hydrogen) atoms. The van der Waals surface area contributed by atoms with Crippen LogP contribution in [0.2, 0.25) is 0 Å². The van der Waals surface area contributed by atoms with Gasteiger partial charge in [-0.25, -0.2) is 19.2 Å². The molecule has 1 amide bonds. The van der Waals surface area contributed by atoms with E-state index < -0.39 is 29.1 Å². The smallest absolute Gasteiger partial charge is 0.357 e. The van der Waals surface area contributed by atoms with Crippen molar-refractivity contribution in [3.05, 3.63) is 29.3 Å². The fourth-order valence-corrected chi connectivity index (χ4v) is 3.09. The van der Waals surface area contributed by atoms with Crippen molar-refractivity contribution in [3.8, 4) is 0 Å². The van der Waals surface area contributed by atoms with Gasteiger partial charge >= 0.3 is 5.97 Å². The minimum absolute atomic E-state index is 0.0435. The number of carboxylic acid groups (broad SMARTS) is 1. The van der Waals surface area contributed by atoms with E-state index >= 15 is 0 Å². The summed E-state index contributed by atoms with van der Waals surface area (Å²) in [7, 11) is 0. The summed E-state index contributed by atoms with van der Waals surface area (Å²) in [6.45, 7) is -0.334. The summed E-state index contributed by atoms with van der Waals surface area (Å²) < 4.78 is 28.3. The molecule has 1 unspecified atom stereocenters. The number of aromatic nitrogens is 2. The largest absolute Gasteiger partial charge is 0.588 e. The third-order valence-corrected chi connectivity index (χ3v) is 4.34. The highest BCUT2D eigenvalue weighted by molar-refractivity contribution is 7.93. The first-order valence-electron chi connectivity index (χ1n) is 5.93. The lowest BCUT2D eigenvalue weighted by molar-refractivity contribution is -0.115. The summed E-state index contributed by atoms with van der Waals surface area (Å²) in [4.78, 5) is 29.2. The maximum Gasteiger partial charge on any atom is 0.357 e. The minimum Gasteiger partial charge on any atom is -0.588 e. The van der Waals surface area contributed by atoms with Crippen LogP contribution in [-0.2, 0) is 16.2 Å². The summed E-state index contributed by atoms with van der Waals surface area (Å²) in [6, 6.07) is 0.906. The van der Waals surface area contributed by atoms with Gasteiger partial charge in [0.25, 0.3) is 0 Å². The van der Waals surface area contributed by atoms with Crippen LogP contribution in [0.25, 0.3) is 0 Å². The second kappa shape index (κ2) is 7.32. The highest BCUT2D eigenvalue weighted by atomic mass is 32.2. The first-order chi connectivity index (χ1) is 10.9. The maximum atomic E-state index is 13.8. The molecule has 0 aliphatic carbocycles. The Kier molecular flexibility index (Phi) is 5.44. The Labute approximate surface area is 136 Å². The molecule has 0 aromatic carbocycles. The quantitative estimate of drug-likeness (QED) is 0.541. The van der Waals surface area contributed by atoms with Crippen LogP contribution in [0.5, 0.6) is 0 Å². The van der Waals surface area contributed by atoms with Crippen molar-refractivity contribution >= 4 is 45.4 Å². The Hall–Kier alpha value is -2.28. The molecule has 2 rings (SSSR count). The van der Waals surface area contributed by atoms with E-state index in [2.05, 4.69) is 20.0 Å². The van der Waals surface area contributed by atoms with E-state index in [1.807, 2.05) is 0 Å². The second-order valence-electron chi connectivity index (χ2n) is 3.96. The summed E-state index contributed by atoms with van der Waals surface area (Å²) in [5.41, 5.74) is 6.07. The molecule has 2 aromatic rings. The van der Waals surface area contributed by atoms with Crippen LogP contribution in [0, 0.1) is 5.82 Å². The number of rotatable bonds is 6. The van der Waals surface area contributed by atoms with Crippen molar-refractivity contribution in [2.45, 2.75) is 4.90 Å². The number of carbonyl (C=O) groups is 2. The topological polar surface area (TPSA) is 153 Å². The lowest BCUT2D eigenvalue weighted by Gasteiger charge is -2.11. The van der Waals surface area contributed by atoms with E-state index in [1.54, 1.807) is 0 Å². The van der Waals surface area contributed by atoms with Crippen LogP contribution in [0.1, 0.15) is 10.5 Å². The van der Waals surface area contributed by atoms with E-state index in [0.29, 0.717) is 0 Å². The molecule has 0 saturated carbocycles. The number of carboxylic acids is 1. The molecule has 9 nitrogen and oxygen atoms in total. The molecule has 0 aliphatic rings. The number of nitrogens with one attached hydrogen (secondary N) is 2. The number of halogens is 1. The molecule has 5 N–H and O–H groups in total. The van der Waals surface area contributed by atoms with Crippen LogP contribution >= 0.6 is 11.3 Å². The van der Waals surface area contributed by atoms with Crippen molar-refractivity contribution < 1.29 is 23.6 Å². The normalized spacial score (nSPS) is 11.8. The molecule has 2 heterocycles. The summed E-state index contributed by atoms with van der Waals surface area (Å²) in [5.74, 6) is -3.15. The van der Waals surface area contributed by atoms with Crippen LogP contribution in [0.15, 0.2) is 22.7 Å². The number of hydrogen-bond acceptors (Lipinski definition) is 8. The zero-order valence-electron chi connectivity index (χ0n) is 11.3.